The zero-order valence-electron chi connectivity index (χ0n) is 13.7. The molecule has 2 heterocycles. The molecule has 2 rings (SSSR count). The summed E-state index contributed by atoms with van der Waals surface area (Å²) in [7, 11) is 1.84. The first kappa shape index (κ1) is 16.2. The van der Waals surface area contributed by atoms with Gasteiger partial charge in [-0.3, -0.25) is 4.68 Å². The van der Waals surface area contributed by atoms with E-state index in [2.05, 4.69) is 15.4 Å². The number of nitrogens with zero attached hydrogens (tertiary/aromatic N) is 4. The summed E-state index contributed by atoms with van der Waals surface area (Å²) in [6.07, 6.45) is 1.04. The molecule has 120 valence electrons. The van der Waals surface area contributed by atoms with Gasteiger partial charge in [-0.05, 0) is 33.8 Å². The monoisotopic (exact) mass is 305 g/mol. The van der Waals surface area contributed by atoms with Crippen molar-refractivity contribution < 1.29 is 9.90 Å². The normalized spacial score (nSPS) is 12.7. The molecule has 7 heteroatoms. The van der Waals surface area contributed by atoms with Gasteiger partial charge in [0.1, 0.15) is 0 Å². The van der Waals surface area contributed by atoms with Crippen LogP contribution in [0, 0.1) is 6.92 Å². The number of aliphatic hydroxyl groups is 1. The van der Waals surface area contributed by atoms with Gasteiger partial charge in [-0.1, -0.05) is 0 Å². The number of pyridine rings is 1. The second-order valence-corrected chi connectivity index (χ2v) is 5.83. The van der Waals surface area contributed by atoms with Crippen molar-refractivity contribution in [2.24, 2.45) is 7.05 Å². The van der Waals surface area contributed by atoms with Crippen LogP contribution in [0.3, 0.4) is 0 Å². The number of fused-ring (bicyclic) bond motifs is 1. The van der Waals surface area contributed by atoms with Gasteiger partial charge in [-0.2, -0.15) is 5.10 Å². The Morgan fingerprint density at radius 3 is 2.73 bits per heavy atom. The number of aliphatic hydroxyl groups excluding tert-OH is 1. The standard InChI is InChI=1S/C15H23N5O2/c1-9(2)20(8-10(3)21)15(22)17-12-6-13-11(4)18-19(5)14(13)16-7-12/h6-7,9-10,21H,8H2,1-5H3,(H,17,22). The van der Waals surface area contributed by atoms with Gasteiger partial charge < -0.3 is 15.3 Å². The van der Waals surface area contributed by atoms with Crippen LogP contribution >= 0.6 is 0 Å². The minimum Gasteiger partial charge on any atom is -0.392 e. The summed E-state index contributed by atoms with van der Waals surface area (Å²) in [4.78, 5) is 18.3. The second kappa shape index (κ2) is 6.31. The molecule has 0 aliphatic rings. The Labute approximate surface area is 129 Å². The number of anilines is 1. The number of carbonyl (C=O) groups is 1. The van der Waals surface area contributed by atoms with Crippen LogP contribution in [-0.2, 0) is 7.05 Å². The number of hydrogen-bond donors (Lipinski definition) is 2. The lowest BCUT2D eigenvalue weighted by atomic mass is 10.2. The third-order valence-electron chi connectivity index (χ3n) is 3.46. The molecule has 2 amide bonds. The average Bonchev–Trinajstić information content (AvgIpc) is 2.70. The molecule has 0 spiro atoms. The number of aryl methyl sites for hydroxylation is 2. The van der Waals surface area contributed by atoms with Gasteiger partial charge >= 0.3 is 6.03 Å². The molecule has 0 radical (unpaired) electrons. The van der Waals surface area contributed by atoms with Crippen LogP contribution in [0.25, 0.3) is 11.0 Å². The van der Waals surface area contributed by atoms with Crippen molar-refractivity contribution >= 4 is 22.8 Å². The van der Waals surface area contributed by atoms with Crippen LogP contribution in [0.5, 0.6) is 0 Å². The lowest BCUT2D eigenvalue weighted by Gasteiger charge is -2.28. The maximum atomic E-state index is 12.4. The molecule has 0 saturated carbocycles. The van der Waals surface area contributed by atoms with Gasteiger partial charge in [0, 0.05) is 25.0 Å². The quantitative estimate of drug-likeness (QED) is 0.903. The first-order valence-corrected chi connectivity index (χ1v) is 7.34. The second-order valence-electron chi connectivity index (χ2n) is 5.83. The molecule has 22 heavy (non-hydrogen) atoms. The predicted molar refractivity (Wildman–Crippen MR) is 85.8 cm³/mol. The van der Waals surface area contributed by atoms with Gasteiger partial charge in [-0.15, -0.1) is 0 Å². The molecule has 0 aliphatic carbocycles. The number of carbonyl (C=O) groups excluding carboxylic acids is 1. The van der Waals surface area contributed by atoms with Crippen molar-refractivity contribution in [2.75, 3.05) is 11.9 Å². The van der Waals surface area contributed by atoms with Crippen LogP contribution in [0.4, 0.5) is 10.5 Å². The largest absolute Gasteiger partial charge is 0.392 e. The molecule has 2 N–H and O–H groups in total. The summed E-state index contributed by atoms with van der Waals surface area (Å²) in [5.41, 5.74) is 2.26. The Bertz CT molecular complexity index is 678. The zero-order chi connectivity index (χ0) is 16.4. The molecule has 0 saturated heterocycles. The first-order valence-electron chi connectivity index (χ1n) is 7.34. The molecule has 0 fully saturated rings. The summed E-state index contributed by atoms with van der Waals surface area (Å²) < 4.78 is 1.71. The summed E-state index contributed by atoms with van der Waals surface area (Å²) in [6, 6.07) is 1.61. The smallest absolute Gasteiger partial charge is 0.322 e. The number of urea groups is 1. The van der Waals surface area contributed by atoms with Crippen molar-refractivity contribution in [3.8, 4) is 0 Å². The van der Waals surface area contributed by atoms with Crippen LogP contribution in [0.1, 0.15) is 26.5 Å². The predicted octanol–water partition coefficient (Wildman–Crippen LogP) is 1.90. The van der Waals surface area contributed by atoms with E-state index in [-0.39, 0.29) is 18.6 Å². The number of aromatic nitrogens is 3. The molecule has 7 nitrogen and oxygen atoms in total. The molecule has 1 atom stereocenters. The highest BCUT2D eigenvalue weighted by atomic mass is 16.3. The fourth-order valence-electron chi connectivity index (χ4n) is 2.38. The van der Waals surface area contributed by atoms with E-state index in [1.165, 1.54) is 0 Å². The third-order valence-corrected chi connectivity index (χ3v) is 3.46. The van der Waals surface area contributed by atoms with Crippen LogP contribution in [0.2, 0.25) is 0 Å². The number of nitrogens with one attached hydrogen (secondary N) is 1. The maximum Gasteiger partial charge on any atom is 0.322 e. The highest BCUT2D eigenvalue weighted by Gasteiger charge is 2.19. The van der Waals surface area contributed by atoms with E-state index in [1.807, 2.05) is 33.9 Å². The molecular formula is C15H23N5O2. The number of hydrogen-bond acceptors (Lipinski definition) is 4. The summed E-state index contributed by atoms with van der Waals surface area (Å²) >= 11 is 0. The van der Waals surface area contributed by atoms with Crippen molar-refractivity contribution in [2.45, 2.75) is 39.8 Å². The Balaban J connectivity index is 2.22. The minimum atomic E-state index is -0.575. The van der Waals surface area contributed by atoms with Crippen LogP contribution in [-0.4, -0.2) is 49.5 Å². The molecule has 2 aromatic heterocycles. The molecule has 0 aliphatic heterocycles. The van der Waals surface area contributed by atoms with Crippen molar-refractivity contribution in [3.05, 3.63) is 18.0 Å². The fraction of sp³-hybridized carbons (Fsp3) is 0.533. The van der Waals surface area contributed by atoms with E-state index in [0.29, 0.717) is 5.69 Å². The lowest BCUT2D eigenvalue weighted by molar-refractivity contribution is 0.125. The van der Waals surface area contributed by atoms with Gasteiger partial charge in [0.2, 0.25) is 0 Å². The first-order chi connectivity index (χ1) is 10.3. The van der Waals surface area contributed by atoms with Gasteiger partial charge in [0.15, 0.2) is 5.65 Å². The SMILES string of the molecule is Cc1nn(C)c2ncc(NC(=O)N(CC(C)O)C(C)C)cc12. The van der Waals surface area contributed by atoms with E-state index >= 15 is 0 Å². The summed E-state index contributed by atoms with van der Waals surface area (Å²) in [5, 5.41) is 17.6. The lowest BCUT2D eigenvalue weighted by Crippen LogP contribution is -2.43. The van der Waals surface area contributed by atoms with E-state index in [0.717, 1.165) is 16.7 Å². The van der Waals surface area contributed by atoms with Crippen LogP contribution < -0.4 is 5.32 Å². The zero-order valence-corrected chi connectivity index (χ0v) is 13.7. The van der Waals surface area contributed by atoms with Crippen LogP contribution in [0.15, 0.2) is 12.3 Å². The molecule has 1 unspecified atom stereocenters. The van der Waals surface area contributed by atoms with E-state index < -0.39 is 6.10 Å². The topological polar surface area (TPSA) is 83.3 Å². The van der Waals surface area contributed by atoms with E-state index in [1.54, 1.807) is 22.7 Å². The van der Waals surface area contributed by atoms with Gasteiger partial charge in [0.25, 0.3) is 0 Å². The van der Waals surface area contributed by atoms with E-state index in [4.69, 9.17) is 0 Å². The molecular weight excluding hydrogens is 282 g/mol. The molecule has 2 aromatic rings. The van der Waals surface area contributed by atoms with Gasteiger partial charge in [-0.25, -0.2) is 9.78 Å². The maximum absolute atomic E-state index is 12.4. The third kappa shape index (κ3) is 3.36. The fourth-order valence-corrected chi connectivity index (χ4v) is 2.38. The average molecular weight is 305 g/mol. The summed E-state index contributed by atoms with van der Waals surface area (Å²) in [5.74, 6) is 0. The van der Waals surface area contributed by atoms with Crippen molar-refractivity contribution in [1.29, 1.82) is 0 Å². The Morgan fingerprint density at radius 2 is 2.14 bits per heavy atom. The Morgan fingerprint density at radius 1 is 1.45 bits per heavy atom. The highest BCUT2D eigenvalue weighted by Crippen LogP contribution is 2.19. The van der Waals surface area contributed by atoms with E-state index in [9.17, 15) is 9.90 Å². The Hall–Kier alpha value is -2.15. The minimum absolute atomic E-state index is 0.00795. The number of amides is 2. The molecule has 0 bridgehead atoms. The van der Waals surface area contributed by atoms with Crippen molar-refractivity contribution in [3.63, 3.8) is 0 Å². The highest BCUT2D eigenvalue weighted by molar-refractivity contribution is 5.92. The number of rotatable bonds is 4. The van der Waals surface area contributed by atoms with Crippen molar-refractivity contribution in [1.82, 2.24) is 19.7 Å². The summed E-state index contributed by atoms with van der Waals surface area (Å²) in [6.45, 7) is 7.67. The Kier molecular flexibility index (Phi) is 4.65. The molecule has 0 aromatic carbocycles. The van der Waals surface area contributed by atoms with Gasteiger partial charge in [0.05, 0.1) is 23.7 Å².